The fourth-order valence-electron chi connectivity index (χ4n) is 4.88. The SMILES string of the molecule is O=C1N2C[C@@H](CC[C@H]2c2nnc(C3CC4(CCC4)C3)o2)N1OS(=O)(=O)O. The van der Waals surface area contributed by atoms with Crippen LogP contribution in [-0.4, -0.2) is 51.7 Å². The van der Waals surface area contributed by atoms with E-state index >= 15 is 0 Å². The lowest BCUT2D eigenvalue weighted by Crippen LogP contribution is -2.41. The molecule has 1 N–H and O–H groups in total. The summed E-state index contributed by atoms with van der Waals surface area (Å²) in [4.78, 5) is 13.9. The summed E-state index contributed by atoms with van der Waals surface area (Å²) in [5.74, 6) is 1.33. The van der Waals surface area contributed by atoms with E-state index in [4.69, 9.17) is 8.97 Å². The van der Waals surface area contributed by atoms with Crippen molar-refractivity contribution in [2.45, 2.75) is 62.9 Å². The predicted molar refractivity (Wildman–Crippen MR) is 84.9 cm³/mol. The van der Waals surface area contributed by atoms with E-state index in [1.807, 2.05) is 0 Å². The number of hydrogen-bond acceptors (Lipinski definition) is 7. The number of hydrogen-bond donors (Lipinski definition) is 1. The van der Waals surface area contributed by atoms with Crippen molar-refractivity contribution < 1.29 is 26.5 Å². The van der Waals surface area contributed by atoms with Gasteiger partial charge in [0.25, 0.3) is 0 Å². The minimum Gasteiger partial charge on any atom is -0.423 e. The van der Waals surface area contributed by atoms with Crippen molar-refractivity contribution in [1.82, 2.24) is 20.2 Å². The average Bonchev–Trinajstić information content (AvgIpc) is 3.04. The van der Waals surface area contributed by atoms with Crippen LogP contribution in [-0.2, 0) is 14.7 Å². The normalized spacial score (nSPS) is 30.6. The van der Waals surface area contributed by atoms with E-state index in [1.54, 1.807) is 0 Å². The lowest BCUT2D eigenvalue weighted by molar-refractivity contribution is -0.0317. The zero-order valence-corrected chi connectivity index (χ0v) is 14.9. The van der Waals surface area contributed by atoms with Crippen LogP contribution in [0.1, 0.15) is 68.7 Å². The van der Waals surface area contributed by atoms with Gasteiger partial charge < -0.3 is 9.32 Å². The molecule has 2 saturated heterocycles. The number of carbonyl (C=O) groups is 1. The minimum atomic E-state index is -4.75. The fraction of sp³-hybridized carbons (Fsp3) is 0.800. The zero-order chi connectivity index (χ0) is 18.1. The number of rotatable bonds is 4. The zero-order valence-electron chi connectivity index (χ0n) is 14.1. The van der Waals surface area contributed by atoms with Gasteiger partial charge in [-0.3, -0.25) is 4.55 Å². The lowest BCUT2D eigenvalue weighted by atomic mass is 9.52. The molecule has 0 radical (unpaired) electrons. The molecule has 0 unspecified atom stereocenters. The highest BCUT2D eigenvalue weighted by Gasteiger charge is 2.52. The summed E-state index contributed by atoms with van der Waals surface area (Å²) < 4.78 is 41.1. The molecule has 2 aliphatic carbocycles. The molecule has 1 spiro atoms. The molecule has 2 bridgehead atoms. The van der Waals surface area contributed by atoms with Crippen LogP contribution in [0.2, 0.25) is 0 Å². The summed E-state index contributed by atoms with van der Waals surface area (Å²) in [6.07, 6.45) is 7.18. The van der Waals surface area contributed by atoms with Gasteiger partial charge in [-0.15, -0.1) is 14.5 Å². The second-order valence-electron chi connectivity index (χ2n) is 7.95. The van der Waals surface area contributed by atoms with Crippen molar-refractivity contribution in [3.63, 3.8) is 0 Å². The van der Waals surface area contributed by atoms with Gasteiger partial charge in [0.15, 0.2) is 0 Å². The van der Waals surface area contributed by atoms with Gasteiger partial charge in [-0.1, -0.05) is 6.42 Å². The van der Waals surface area contributed by atoms with Gasteiger partial charge >= 0.3 is 16.4 Å². The first-order valence-corrected chi connectivity index (χ1v) is 10.3. The highest BCUT2D eigenvalue weighted by Crippen LogP contribution is 2.61. The van der Waals surface area contributed by atoms with Gasteiger partial charge in [-0.05, 0) is 43.9 Å². The van der Waals surface area contributed by atoms with E-state index in [0.29, 0.717) is 42.5 Å². The maximum Gasteiger partial charge on any atom is 0.418 e. The Balaban J connectivity index is 1.30. The standard InChI is InChI=1S/C15H20N4O6S/c20-14-18-8-10(19(14)25-26(21,22)23)2-3-11(18)13-17-16-12(24-13)9-6-15(7-9)4-1-5-15/h9-11H,1-8H2,(H,21,22,23)/t10-,11+/m1/s1. The first-order valence-electron chi connectivity index (χ1n) is 8.94. The summed E-state index contributed by atoms with van der Waals surface area (Å²) in [6, 6.07) is -1.44. The van der Waals surface area contributed by atoms with Gasteiger partial charge in [-0.25, -0.2) is 4.79 Å². The Bertz CT molecular complexity index is 842. The van der Waals surface area contributed by atoms with Crippen LogP contribution < -0.4 is 0 Å². The predicted octanol–water partition coefficient (Wildman–Crippen LogP) is 1.79. The Labute approximate surface area is 150 Å². The van der Waals surface area contributed by atoms with Crippen molar-refractivity contribution in [3.8, 4) is 0 Å². The van der Waals surface area contributed by atoms with Gasteiger partial charge in [0.2, 0.25) is 11.8 Å². The largest absolute Gasteiger partial charge is 0.423 e. The Hall–Kier alpha value is -1.72. The molecule has 1 aromatic rings. The molecule has 10 nitrogen and oxygen atoms in total. The third kappa shape index (κ3) is 2.52. The summed E-state index contributed by atoms with van der Waals surface area (Å²) in [6.45, 7) is 0.295. The Morgan fingerprint density at radius 3 is 2.58 bits per heavy atom. The molecule has 2 saturated carbocycles. The Morgan fingerprint density at radius 1 is 1.19 bits per heavy atom. The molecule has 3 heterocycles. The van der Waals surface area contributed by atoms with Crippen molar-refractivity contribution >= 4 is 16.4 Å². The smallest absolute Gasteiger partial charge is 0.418 e. The van der Waals surface area contributed by atoms with Crippen LogP contribution >= 0.6 is 0 Å². The highest BCUT2D eigenvalue weighted by atomic mass is 32.3. The molecular formula is C15H20N4O6S. The van der Waals surface area contributed by atoms with E-state index in [0.717, 1.165) is 17.9 Å². The maximum absolute atomic E-state index is 12.4. The van der Waals surface area contributed by atoms with Gasteiger partial charge in [0, 0.05) is 12.5 Å². The van der Waals surface area contributed by atoms with Crippen LogP contribution in [0.25, 0.3) is 0 Å². The second-order valence-corrected chi connectivity index (χ2v) is 8.95. The van der Waals surface area contributed by atoms with E-state index in [9.17, 15) is 13.2 Å². The highest BCUT2D eigenvalue weighted by molar-refractivity contribution is 7.80. The molecule has 1 aromatic heterocycles. The Morgan fingerprint density at radius 2 is 1.92 bits per heavy atom. The second kappa shape index (κ2) is 5.40. The molecule has 142 valence electrons. The van der Waals surface area contributed by atoms with E-state index < -0.39 is 28.5 Å². The Kier molecular flexibility index (Phi) is 3.41. The molecule has 26 heavy (non-hydrogen) atoms. The lowest BCUT2D eigenvalue weighted by Gasteiger charge is -2.53. The monoisotopic (exact) mass is 384 g/mol. The van der Waals surface area contributed by atoms with E-state index in [2.05, 4.69) is 14.5 Å². The molecule has 2 aliphatic heterocycles. The summed E-state index contributed by atoms with van der Waals surface area (Å²) >= 11 is 0. The first-order chi connectivity index (χ1) is 12.3. The fourth-order valence-corrected chi connectivity index (χ4v) is 5.27. The number of piperidine rings is 1. The van der Waals surface area contributed by atoms with Gasteiger partial charge in [-0.2, -0.15) is 13.5 Å². The molecule has 11 heteroatoms. The van der Waals surface area contributed by atoms with Gasteiger partial charge in [0.05, 0.1) is 6.04 Å². The minimum absolute atomic E-state index is 0.295. The summed E-state index contributed by atoms with van der Waals surface area (Å²) in [7, 11) is -4.75. The number of hydroxylamine groups is 2. The molecular weight excluding hydrogens is 364 g/mol. The van der Waals surface area contributed by atoms with Gasteiger partial charge in [0.1, 0.15) is 6.04 Å². The van der Waals surface area contributed by atoms with Crippen molar-refractivity contribution in [2.75, 3.05) is 6.54 Å². The molecule has 5 rings (SSSR count). The number of urea groups is 1. The third-order valence-electron chi connectivity index (χ3n) is 6.36. The number of aromatic nitrogens is 2. The quantitative estimate of drug-likeness (QED) is 0.779. The van der Waals surface area contributed by atoms with Crippen LogP contribution in [0.3, 0.4) is 0 Å². The first kappa shape index (κ1) is 16.5. The van der Waals surface area contributed by atoms with Crippen LogP contribution in [0, 0.1) is 5.41 Å². The molecule has 4 fully saturated rings. The molecule has 2 atom stereocenters. The molecule has 0 aromatic carbocycles. The number of amides is 2. The molecule has 4 aliphatic rings. The van der Waals surface area contributed by atoms with E-state index in [1.165, 1.54) is 24.2 Å². The number of nitrogens with zero attached hydrogens (tertiary/aromatic N) is 4. The van der Waals surface area contributed by atoms with Crippen LogP contribution in [0.4, 0.5) is 4.79 Å². The topological polar surface area (TPSA) is 126 Å². The average molecular weight is 384 g/mol. The number of carbonyl (C=O) groups excluding carboxylic acids is 1. The summed E-state index contributed by atoms with van der Waals surface area (Å²) in [5, 5.41) is 9.06. The van der Waals surface area contributed by atoms with E-state index in [-0.39, 0.29) is 0 Å². The maximum atomic E-state index is 12.4. The van der Waals surface area contributed by atoms with Crippen molar-refractivity contribution in [1.29, 1.82) is 0 Å². The summed E-state index contributed by atoms with van der Waals surface area (Å²) in [5.41, 5.74) is 0.510. The van der Waals surface area contributed by atoms with Crippen molar-refractivity contribution in [3.05, 3.63) is 11.8 Å². The van der Waals surface area contributed by atoms with Crippen LogP contribution in [0.5, 0.6) is 0 Å². The third-order valence-corrected chi connectivity index (χ3v) is 6.71. The van der Waals surface area contributed by atoms with Crippen molar-refractivity contribution in [2.24, 2.45) is 5.41 Å². The van der Waals surface area contributed by atoms with Crippen LogP contribution in [0.15, 0.2) is 4.42 Å². The number of fused-ring (bicyclic) bond motifs is 2. The molecule has 2 amide bonds.